The van der Waals surface area contributed by atoms with Crippen LogP contribution in [-0.4, -0.2) is 60.5 Å². The molecule has 1 aromatic carbocycles. The molecular weight excluding hydrogens is 383 g/mol. The maximum atomic E-state index is 14.5. The van der Waals surface area contributed by atoms with Gasteiger partial charge >= 0.3 is 0 Å². The lowest BCUT2D eigenvalue weighted by molar-refractivity contribution is -0.136. The number of amides is 1. The number of aromatic nitrogens is 2. The summed E-state index contributed by atoms with van der Waals surface area (Å²) in [7, 11) is 3.79. The van der Waals surface area contributed by atoms with Crippen LogP contribution in [0.3, 0.4) is 0 Å². The zero-order valence-electron chi connectivity index (χ0n) is 17.7. The summed E-state index contributed by atoms with van der Waals surface area (Å²) < 4.78 is 14.5. The lowest BCUT2D eigenvalue weighted by atomic mass is 9.88. The average molecular weight is 413 g/mol. The molecule has 2 fully saturated rings. The van der Waals surface area contributed by atoms with Gasteiger partial charge in [-0.25, -0.2) is 14.4 Å². The van der Waals surface area contributed by atoms with E-state index in [9.17, 15) is 9.18 Å². The monoisotopic (exact) mass is 412 g/mol. The Morgan fingerprint density at radius 2 is 1.93 bits per heavy atom. The predicted molar refractivity (Wildman–Crippen MR) is 114 cm³/mol. The van der Waals surface area contributed by atoms with Gasteiger partial charge in [0, 0.05) is 63.0 Å². The van der Waals surface area contributed by atoms with Crippen molar-refractivity contribution in [2.24, 2.45) is 5.92 Å². The van der Waals surface area contributed by atoms with Crippen LogP contribution in [0.4, 0.5) is 10.3 Å². The Morgan fingerprint density at radius 3 is 2.57 bits per heavy atom. The summed E-state index contributed by atoms with van der Waals surface area (Å²) >= 11 is 0. The maximum absolute atomic E-state index is 14.5. The number of rotatable bonds is 4. The minimum Gasteiger partial charge on any atom is -0.347 e. The van der Waals surface area contributed by atoms with E-state index in [1.807, 2.05) is 36.9 Å². The van der Waals surface area contributed by atoms with Gasteiger partial charge in [-0.1, -0.05) is 18.2 Å². The highest BCUT2D eigenvalue weighted by Crippen LogP contribution is 2.36. The van der Waals surface area contributed by atoms with Crippen molar-refractivity contribution in [2.75, 3.05) is 38.6 Å². The van der Waals surface area contributed by atoms with Crippen LogP contribution in [0.25, 0.3) is 11.1 Å². The van der Waals surface area contributed by atoms with E-state index in [0.29, 0.717) is 31.1 Å². The number of piperidine rings is 1. The van der Waals surface area contributed by atoms with Gasteiger partial charge in [0.05, 0.1) is 11.6 Å². The van der Waals surface area contributed by atoms with Crippen LogP contribution in [0, 0.1) is 11.7 Å². The van der Waals surface area contributed by atoms with Crippen molar-refractivity contribution in [3.63, 3.8) is 0 Å². The summed E-state index contributed by atoms with van der Waals surface area (Å²) in [5.41, 5.74) is 8.31. The van der Waals surface area contributed by atoms with Gasteiger partial charge in [-0.2, -0.15) is 0 Å². The highest BCUT2D eigenvalue weighted by Gasteiger charge is 2.35. The molecule has 2 unspecified atom stereocenters. The number of nitrogens with zero attached hydrogens (tertiary/aromatic N) is 4. The third-order valence-corrected chi connectivity index (χ3v) is 6.14. The van der Waals surface area contributed by atoms with Crippen LogP contribution in [0.2, 0.25) is 0 Å². The lowest BCUT2D eigenvalue weighted by Crippen LogP contribution is -2.44. The van der Waals surface area contributed by atoms with Gasteiger partial charge in [-0.3, -0.25) is 15.6 Å². The SMILES string of the molecule is CC1NNCC1C(=O)N1CCC(c2nc(N(C)C)ncc2-c2ccccc2F)CC1. The van der Waals surface area contributed by atoms with E-state index >= 15 is 0 Å². The Hall–Kier alpha value is -2.58. The van der Waals surface area contributed by atoms with Crippen molar-refractivity contribution in [2.45, 2.75) is 31.7 Å². The Labute approximate surface area is 176 Å². The molecule has 0 radical (unpaired) electrons. The molecule has 2 aliphatic rings. The Bertz CT molecular complexity index is 912. The number of hydrogen-bond acceptors (Lipinski definition) is 6. The standard InChI is InChI=1S/C22H29FN6O/c1-14-17(13-25-27-14)21(30)29-10-8-15(9-11-29)20-18(12-24-22(26-20)28(2)3)16-6-4-5-7-19(16)23/h4-7,12,14-15,17,25,27H,8-11,13H2,1-3H3. The van der Waals surface area contributed by atoms with Crippen molar-refractivity contribution in [1.82, 2.24) is 25.7 Å². The number of carbonyl (C=O) groups excluding carboxylic acids is 1. The van der Waals surface area contributed by atoms with Gasteiger partial charge in [0.15, 0.2) is 0 Å². The summed E-state index contributed by atoms with van der Waals surface area (Å²) in [6.07, 6.45) is 3.34. The van der Waals surface area contributed by atoms with Gasteiger partial charge in [-0.15, -0.1) is 0 Å². The molecule has 160 valence electrons. The highest BCUT2D eigenvalue weighted by atomic mass is 19.1. The van der Waals surface area contributed by atoms with E-state index in [1.54, 1.807) is 18.3 Å². The van der Waals surface area contributed by atoms with Crippen LogP contribution in [0.1, 0.15) is 31.4 Å². The third kappa shape index (κ3) is 4.02. The van der Waals surface area contributed by atoms with E-state index in [4.69, 9.17) is 4.98 Å². The first-order valence-electron chi connectivity index (χ1n) is 10.5. The van der Waals surface area contributed by atoms with E-state index < -0.39 is 0 Å². The molecule has 0 saturated carbocycles. The summed E-state index contributed by atoms with van der Waals surface area (Å²) in [6, 6.07) is 6.88. The number of hydrogen-bond donors (Lipinski definition) is 2. The molecule has 7 nitrogen and oxygen atoms in total. The summed E-state index contributed by atoms with van der Waals surface area (Å²) in [4.78, 5) is 25.9. The van der Waals surface area contributed by atoms with Crippen molar-refractivity contribution in [3.8, 4) is 11.1 Å². The van der Waals surface area contributed by atoms with Gasteiger partial charge in [0.25, 0.3) is 0 Å². The van der Waals surface area contributed by atoms with E-state index in [2.05, 4.69) is 15.8 Å². The highest BCUT2D eigenvalue weighted by molar-refractivity contribution is 5.80. The van der Waals surface area contributed by atoms with Crippen LogP contribution in [-0.2, 0) is 4.79 Å². The smallest absolute Gasteiger partial charge is 0.228 e. The summed E-state index contributed by atoms with van der Waals surface area (Å²) in [6.45, 7) is 4.06. The fraction of sp³-hybridized carbons (Fsp3) is 0.500. The van der Waals surface area contributed by atoms with Gasteiger partial charge in [-0.05, 0) is 25.8 Å². The molecule has 0 spiro atoms. The number of likely N-dealkylation sites (tertiary alicyclic amines) is 1. The van der Waals surface area contributed by atoms with Crippen molar-refractivity contribution in [1.29, 1.82) is 0 Å². The first-order valence-corrected chi connectivity index (χ1v) is 10.5. The lowest BCUT2D eigenvalue weighted by Gasteiger charge is -2.34. The number of nitrogens with one attached hydrogen (secondary N) is 2. The first kappa shape index (κ1) is 20.7. The molecule has 2 atom stereocenters. The fourth-order valence-electron chi connectivity index (χ4n) is 4.32. The summed E-state index contributed by atoms with van der Waals surface area (Å²) in [5, 5.41) is 0. The summed E-state index contributed by atoms with van der Waals surface area (Å²) in [5.74, 6) is 0.658. The normalized spacial score (nSPS) is 22.3. The second-order valence-electron chi connectivity index (χ2n) is 8.36. The zero-order chi connectivity index (χ0) is 21.3. The molecule has 0 bridgehead atoms. The van der Waals surface area contributed by atoms with E-state index in [1.165, 1.54) is 6.07 Å². The minimum absolute atomic E-state index is 0.0325. The third-order valence-electron chi connectivity index (χ3n) is 6.14. The molecule has 2 saturated heterocycles. The first-order chi connectivity index (χ1) is 14.5. The minimum atomic E-state index is -0.275. The number of benzene rings is 1. The molecule has 0 aliphatic carbocycles. The van der Waals surface area contributed by atoms with Gasteiger partial charge in [0.2, 0.25) is 11.9 Å². The molecule has 1 amide bonds. The topological polar surface area (TPSA) is 73.4 Å². The Morgan fingerprint density at radius 1 is 1.20 bits per heavy atom. The Balaban J connectivity index is 1.57. The second-order valence-corrected chi connectivity index (χ2v) is 8.36. The number of carbonyl (C=O) groups is 1. The molecule has 4 rings (SSSR count). The maximum Gasteiger partial charge on any atom is 0.228 e. The van der Waals surface area contributed by atoms with Crippen molar-refractivity contribution >= 4 is 11.9 Å². The second kappa shape index (κ2) is 8.65. The van der Waals surface area contributed by atoms with E-state index in [-0.39, 0.29) is 29.6 Å². The van der Waals surface area contributed by atoms with Gasteiger partial charge in [0.1, 0.15) is 5.82 Å². The quantitative estimate of drug-likeness (QED) is 0.802. The van der Waals surface area contributed by atoms with Crippen LogP contribution < -0.4 is 15.8 Å². The zero-order valence-corrected chi connectivity index (χ0v) is 17.7. The molecule has 1 aromatic heterocycles. The molecule has 8 heteroatoms. The average Bonchev–Trinajstić information content (AvgIpc) is 3.19. The molecular formula is C22H29FN6O. The van der Waals surface area contributed by atoms with Crippen molar-refractivity contribution < 1.29 is 9.18 Å². The largest absolute Gasteiger partial charge is 0.347 e. The fourth-order valence-corrected chi connectivity index (χ4v) is 4.32. The number of anilines is 1. The molecule has 2 aromatic rings. The molecule has 3 heterocycles. The van der Waals surface area contributed by atoms with Crippen LogP contribution in [0.5, 0.6) is 0 Å². The predicted octanol–water partition coefficient (Wildman–Crippen LogP) is 2.17. The molecule has 2 N–H and O–H groups in total. The van der Waals surface area contributed by atoms with Gasteiger partial charge < -0.3 is 9.80 Å². The number of hydrazine groups is 1. The van der Waals surface area contributed by atoms with Crippen LogP contribution >= 0.6 is 0 Å². The molecule has 30 heavy (non-hydrogen) atoms. The van der Waals surface area contributed by atoms with Crippen LogP contribution in [0.15, 0.2) is 30.5 Å². The number of halogens is 1. The van der Waals surface area contributed by atoms with Crippen molar-refractivity contribution in [3.05, 3.63) is 42.0 Å². The van der Waals surface area contributed by atoms with E-state index in [0.717, 1.165) is 24.1 Å². The Kier molecular flexibility index (Phi) is 5.97. The molecule has 2 aliphatic heterocycles.